The number of aromatic carboxylic acids is 1. The number of rotatable bonds is 4. The maximum Gasteiger partial charge on any atom is 0.336 e. The van der Waals surface area contributed by atoms with E-state index in [9.17, 15) is 9.59 Å². The first kappa shape index (κ1) is 13.2. The average molecular weight is 236 g/mol. The molecule has 17 heavy (non-hydrogen) atoms. The van der Waals surface area contributed by atoms with E-state index in [0.717, 1.165) is 0 Å². The Labute approximate surface area is 99.6 Å². The highest BCUT2D eigenvalue weighted by Crippen LogP contribution is 2.15. The van der Waals surface area contributed by atoms with Gasteiger partial charge in [0, 0.05) is 5.69 Å². The Morgan fingerprint density at radius 1 is 1.47 bits per heavy atom. The fourth-order valence-corrected chi connectivity index (χ4v) is 1.35. The van der Waals surface area contributed by atoms with E-state index < -0.39 is 12.0 Å². The second kappa shape index (κ2) is 5.45. The minimum absolute atomic E-state index is 0.174. The number of anilines is 1. The van der Waals surface area contributed by atoms with Gasteiger partial charge in [-0.05, 0) is 31.0 Å². The molecule has 0 saturated carbocycles. The number of amides is 1. The van der Waals surface area contributed by atoms with Gasteiger partial charge in [0.25, 0.3) is 0 Å². The molecule has 0 unspecified atom stereocenters. The van der Waals surface area contributed by atoms with Gasteiger partial charge < -0.3 is 16.2 Å². The molecule has 0 bridgehead atoms. The Morgan fingerprint density at radius 2 is 2.12 bits per heavy atom. The van der Waals surface area contributed by atoms with Crippen LogP contribution in [0, 0.1) is 6.92 Å². The first-order valence-corrected chi connectivity index (χ1v) is 5.36. The topological polar surface area (TPSA) is 92.4 Å². The molecule has 1 aromatic rings. The predicted octanol–water partition coefficient (Wildman–Crippen LogP) is 1.37. The van der Waals surface area contributed by atoms with Crippen molar-refractivity contribution < 1.29 is 14.7 Å². The zero-order valence-corrected chi connectivity index (χ0v) is 9.86. The largest absolute Gasteiger partial charge is 0.478 e. The molecule has 1 rings (SSSR count). The number of carbonyl (C=O) groups excluding carboxylic acids is 1. The van der Waals surface area contributed by atoms with E-state index in [-0.39, 0.29) is 11.5 Å². The third-order valence-corrected chi connectivity index (χ3v) is 2.51. The standard InChI is InChI=1S/C12H16N2O3/c1-3-10(13)11(15)14-8-5-4-7(2)9(6-8)12(16)17/h4-6,10H,3,13H2,1-2H3,(H,14,15)(H,16,17)/t10-/m1/s1. The van der Waals surface area contributed by atoms with E-state index in [4.69, 9.17) is 10.8 Å². The normalized spacial score (nSPS) is 11.9. The van der Waals surface area contributed by atoms with E-state index in [0.29, 0.717) is 17.7 Å². The lowest BCUT2D eigenvalue weighted by Crippen LogP contribution is -2.34. The molecule has 5 heteroatoms. The SMILES string of the molecule is CC[C@@H](N)C(=O)Nc1ccc(C)c(C(=O)O)c1. The second-order valence-corrected chi connectivity index (χ2v) is 3.84. The van der Waals surface area contributed by atoms with Gasteiger partial charge in [0.15, 0.2) is 0 Å². The Balaban J connectivity index is 2.90. The first-order chi connectivity index (χ1) is 7.95. The predicted molar refractivity (Wildman–Crippen MR) is 65.0 cm³/mol. The number of benzene rings is 1. The lowest BCUT2D eigenvalue weighted by atomic mass is 10.1. The molecule has 1 aromatic carbocycles. The van der Waals surface area contributed by atoms with Crippen molar-refractivity contribution in [2.45, 2.75) is 26.3 Å². The average Bonchev–Trinajstić information content (AvgIpc) is 2.30. The van der Waals surface area contributed by atoms with Crippen molar-refractivity contribution in [2.24, 2.45) is 5.73 Å². The van der Waals surface area contributed by atoms with Crippen molar-refractivity contribution in [1.82, 2.24) is 0 Å². The van der Waals surface area contributed by atoms with Crippen molar-refractivity contribution in [3.05, 3.63) is 29.3 Å². The number of carbonyl (C=O) groups is 2. The van der Waals surface area contributed by atoms with E-state index in [1.807, 2.05) is 6.92 Å². The fraction of sp³-hybridized carbons (Fsp3) is 0.333. The third kappa shape index (κ3) is 3.29. The maximum atomic E-state index is 11.5. The summed E-state index contributed by atoms with van der Waals surface area (Å²) in [4.78, 5) is 22.4. The Kier molecular flexibility index (Phi) is 4.23. The molecular weight excluding hydrogens is 220 g/mol. The van der Waals surface area contributed by atoms with Crippen molar-refractivity contribution in [2.75, 3.05) is 5.32 Å². The number of hydrogen-bond acceptors (Lipinski definition) is 3. The zero-order chi connectivity index (χ0) is 13.0. The van der Waals surface area contributed by atoms with Crippen molar-refractivity contribution in [1.29, 1.82) is 0 Å². The molecule has 0 saturated heterocycles. The van der Waals surface area contributed by atoms with E-state index >= 15 is 0 Å². The van der Waals surface area contributed by atoms with Gasteiger partial charge in [0.05, 0.1) is 11.6 Å². The number of aryl methyl sites for hydroxylation is 1. The molecule has 0 aliphatic carbocycles. The second-order valence-electron chi connectivity index (χ2n) is 3.84. The number of nitrogens with two attached hydrogens (primary N) is 1. The fourth-order valence-electron chi connectivity index (χ4n) is 1.35. The number of carboxylic acid groups (broad SMARTS) is 1. The maximum absolute atomic E-state index is 11.5. The minimum Gasteiger partial charge on any atom is -0.478 e. The lowest BCUT2D eigenvalue weighted by molar-refractivity contribution is -0.117. The molecule has 0 fully saturated rings. The van der Waals surface area contributed by atoms with E-state index in [2.05, 4.69) is 5.32 Å². The molecule has 4 N–H and O–H groups in total. The summed E-state index contributed by atoms with van der Waals surface area (Å²) in [5.41, 5.74) is 6.83. The number of carboxylic acids is 1. The third-order valence-electron chi connectivity index (χ3n) is 2.51. The van der Waals surface area contributed by atoms with Crippen LogP contribution in [0.3, 0.4) is 0 Å². The van der Waals surface area contributed by atoms with Crippen LogP contribution in [-0.2, 0) is 4.79 Å². The summed E-state index contributed by atoms with van der Waals surface area (Å²) in [5.74, 6) is -1.33. The van der Waals surface area contributed by atoms with E-state index in [1.165, 1.54) is 6.07 Å². The quantitative estimate of drug-likeness (QED) is 0.736. The van der Waals surface area contributed by atoms with Crippen LogP contribution >= 0.6 is 0 Å². The van der Waals surface area contributed by atoms with E-state index in [1.54, 1.807) is 19.1 Å². The van der Waals surface area contributed by atoms with Gasteiger partial charge in [-0.15, -0.1) is 0 Å². The molecule has 0 radical (unpaired) electrons. The molecule has 0 aliphatic rings. The highest BCUT2D eigenvalue weighted by molar-refractivity contribution is 5.96. The lowest BCUT2D eigenvalue weighted by Gasteiger charge is -2.11. The van der Waals surface area contributed by atoms with Gasteiger partial charge in [0.1, 0.15) is 0 Å². The van der Waals surface area contributed by atoms with Crippen molar-refractivity contribution in [3.8, 4) is 0 Å². The molecule has 5 nitrogen and oxygen atoms in total. The van der Waals surface area contributed by atoms with Crippen molar-refractivity contribution in [3.63, 3.8) is 0 Å². The van der Waals surface area contributed by atoms with Crippen LogP contribution in [-0.4, -0.2) is 23.0 Å². The Morgan fingerprint density at radius 3 is 2.65 bits per heavy atom. The molecular formula is C12H16N2O3. The summed E-state index contributed by atoms with van der Waals surface area (Å²) in [5, 5.41) is 11.5. The summed E-state index contributed by atoms with van der Waals surface area (Å²) in [6.45, 7) is 3.51. The summed E-state index contributed by atoms with van der Waals surface area (Å²) >= 11 is 0. The summed E-state index contributed by atoms with van der Waals surface area (Å²) in [6.07, 6.45) is 0.531. The van der Waals surface area contributed by atoms with Crippen LogP contribution in [0.2, 0.25) is 0 Å². The van der Waals surface area contributed by atoms with Crippen LogP contribution in [0.15, 0.2) is 18.2 Å². The molecule has 1 amide bonds. The smallest absolute Gasteiger partial charge is 0.336 e. The van der Waals surface area contributed by atoms with Crippen LogP contribution < -0.4 is 11.1 Å². The van der Waals surface area contributed by atoms with Gasteiger partial charge >= 0.3 is 5.97 Å². The van der Waals surface area contributed by atoms with Crippen LogP contribution in [0.4, 0.5) is 5.69 Å². The van der Waals surface area contributed by atoms with Crippen molar-refractivity contribution >= 4 is 17.6 Å². The molecule has 1 atom stereocenters. The van der Waals surface area contributed by atoms with Gasteiger partial charge in [-0.1, -0.05) is 13.0 Å². The number of nitrogens with one attached hydrogen (secondary N) is 1. The van der Waals surface area contributed by atoms with Crippen LogP contribution in [0.25, 0.3) is 0 Å². The van der Waals surface area contributed by atoms with Gasteiger partial charge in [0.2, 0.25) is 5.91 Å². The van der Waals surface area contributed by atoms with Gasteiger partial charge in [-0.2, -0.15) is 0 Å². The Hall–Kier alpha value is -1.88. The van der Waals surface area contributed by atoms with Crippen LogP contribution in [0.5, 0.6) is 0 Å². The van der Waals surface area contributed by atoms with Crippen LogP contribution in [0.1, 0.15) is 29.3 Å². The summed E-state index contributed by atoms with van der Waals surface area (Å²) in [7, 11) is 0. The molecule has 0 spiro atoms. The molecule has 0 heterocycles. The molecule has 0 aliphatic heterocycles. The molecule has 0 aromatic heterocycles. The zero-order valence-electron chi connectivity index (χ0n) is 9.86. The minimum atomic E-state index is -1.02. The summed E-state index contributed by atoms with van der Waals surface area (Å²) < 4.78 is 0. The molecule has 92 valence electrons. The van der Waals surface area contributed by atoms with Gasteiger partial charge in [-0.3, -0.25) is 4.79 Å². The number of hydrogen-bond donors (Lipinski definition) is 3. The first-order valence-electron chi connectivity index (χ1n) is 5.36. The summed E-state index contributed by atoms with van der Waals surface area (Å²) in [6, 6.07) is 4.15. The Bertz CT molecular complexity index is 443. The highest BCUT2D eigenvalue weighted by atomic mass is 16.4. The monoisotopic (exact) mass is 236 g/mol. The highest BCUT2D eigenvalue weighted by Gasteiger charge is 2.13. The van der Waals surface area contributed by atoms with Gasteiger partial charge in [-0.25, -0.2) is 4.79 Å².